The first-order valence-corrected chi connectivity index (χ1v) is 15.7. The Bertz CT molecular complexity index is 1110. The zero-order chi connectivity index (χ0) is 31.4. The number of hydrogen-bond acceptors (Lipinski definition) is 7. The Labute approximate surface area is 257 Å². The van der Waals surface area contributed by atoms with Crippen molar-refractivity contribution in [3.05, 3.63) is 65.7 Å². The van der Waals surface area contributed by atoms with Crippen molar-refractivity contribution in [3.8, 4) is 5.75 Å². The van der Waals surface area contributed by atoms with E-state index in [2.05, 4.69) is 17.4 Å². The number of carbonyl (C=O) groups excluding carboxylic acids is 2. The molecule has 0 radical (unpaired) electrons. The predicted octanol–water partition coefficient (Wildman–Crippen LogP) is 5.18. The lowest BCUT2D eigenvalue weighted by Gasteiger charge is -2.31. The number of alkyl carbamates (subject to hydrolysis) is 1. The van der Waals surface area contributed by atoms with E-state index in [4.69, 9.17) is 9.47 Å². The average molecular weight is 597 g/mol. The third-order valence-corrected chi connectivity index (χ3v) is 8.04. The van der Waals surface area contributed by atoms with Gasteiger partial charge in [0.1, 0.15) is 18.0 Å². The topological polar surface area (TPSA) is 108 Å². The van der Waals surface area contributed by atoms with E-state index in [9.17, 15) is 19.8 Å². The van der Waals surface area contributed by atoms with Crippen LogP contribution in [0.4, 0.5) is 4.79 Å². The Hall–Kier alpha value is -2.94. The average Bonchev–Trinajstić information content (AvgIpc) is 2.96. The third-order valence-electron chi connectivity index (χ3n) is 8.04. The van der Waals surface area contributed by atoms with Crippen LogP contribution in [-0.4, -0.2) is 77.6 Å². The van der Waals surface area contributed by atoms with E-state index in [1.54, 1.807) is 20.8 Å². The summed E-state index contributed by atoms with van der Waals surface area (Å²) in [4.78, 5) is 27.1. The molecule has 3 rings (SSSR count). The second-order valence-corrected chi connectivity index (χ2v) is 13.2. The van der Waals surface area contributed by atoms with Crippen molar-refractivity contribution in [2.45, 2.75) is 96.5 Å². The molecule has 0 spiro atoms. The fourth-order valence-electron chi connectivity index (χ4n) is 5.56. The smallest absolute Gasteiger partial charge is 0.407 e. The molecule has 4 atom stereocenters. The van der Waals surface area contributed by atoms with Gasteiger partial charge >= 0.3 is 6.09 Å². The van der Waals surface area contributed by atoms with Crippen molar-refractivity contribution < 1.29 is 29.3 Å². The minimum atomic E-state index is -0.918. The molecule has 4 unspecified atom stereocenters. The van der Waals surface area contributed by atoms with Crippen LogP contribution in [0, 0.1) is 11.8 Å². The molecular formula is C35H52N2O6. The van der Waals surface area contributed by atoms with E-state index in [0.29, 0.717) is 18.7 Å². The Balaban J connectivity index is 1.57. The van der Waals surface area contributed by atoms with Crippen molar-refractivity contribution in [2.75, 3.05) is 26.7 Å². The maximum absolute atomic E-state index is 12.7. The third kappa shape index (κ3) is 12.7. The highest BCUT2D eigenvalue weighted by molar-refractivity contribution is 5.82. The van der Waals surface area contributed by atoms with Crippen molar-refractivity contribution >= 4 is 11.9 Å². The number of carbonyl (C=O) groups is 2. The van der Waals surface area contributed by atoms with E-state index in [1.165, 1.54) is 12.0 Å². The number of nitrogens with zero attached hydrogens (tertiary/aromatic N) is 1. The summed E-state index contributed by atoms with van der Waals surface area (Å²) in [5.41, 5.74) is 1.39. The van der Waals surface area contributed by atoms with Gasteiger partial charge in [0, 0.05) is 19.0 Å². The lowest BCUT2D eigenvalue weighted by Crippen LogP contribution is -2.51. The van der Waals surface area contributed by atoms with Crippen LogP contribution in [0.1, 0.15) is 70.9 Å². The number of rotatable bonds is 15. The maximum Gasteiger partial charge on any atom is 0.407 e. The monoisotopic (exact) mass is 596 g/mol. The molecular weight excluding hydrogens is 544 g/mol. The molecule has 0 aromatic heterocycles. The number of Topliss-reactive ketones (excluding diaryl/α,β-unsaturated/α-hetero) is 1. The van der Waals surface area contributed by atoms with Gasteiger partial charge in [-0.15, -0.1) is 0 Å². The Morgan fingerprint density at radius 1 is 0.907 bits per heavy atom. The molecule has 8 heteroatoms. The molecule has 0 saturated heterocycles. The van der Waals surface area contributed by atoms with E-state index >= 15 is 0 Å². The number of aliphatic hydroxyl groups is 2. The summed E-state index contributed by atoms with van der Waals surface area (Å²) in [7, 11) is 1.85. The summed E-state index contributed by atoms with van der Waals surface area (Å²) in [6, 6.07) is 16.8. The van der Waals surface area contributed by atoms with Crippen molar-refractivity contribution in [1.82, 2.24) is 10.2 Å². The number of likely N-dealkylation sites (N-methyl/N-ethyl adjacent to an activating group) is 1. The summed E-state index contributed by atoms with van der Waals surface area (Å²) in [5, 5.41) is 24.9. The van der Waals surface area contributed by atoms with Crippen LogP contribution >= 0.6 is 0 Å². The molecule has 1 saturated carbocycles. The second-order valence-electron chi connectivity index (χ2n) is 13.2. The summed E-state index contributed by atoms with van der Waals surface area (Å²) >= 11 is 0. The largest absolute Gasteiger partial charge is 0.486 e. The van der Waals surface area contributed by atoms with Crippen LogP contribution in [-0.2, 0) is 22.4 Å². The predicted molar refractivity (Wildman–Crippen MR) is 169 cm³/mol. The maximum atomic E-state index is 12.7. The molecule has 0 heterocycles. The van der Waals surface area contributed by atoms with Gasteiger partial charge in [0.15, 0.2) is 5.78 Å². The van der Waals surface area contributed by atoms with Gasteiger partial charge in [0.25, 0.3) is 0 Å². The second kappa shape index (κ2) is 16.8. The van der Waals surface area contributed by atoms with Crippen molar-refractivity contribution in [3.63, 3.8) is 0 Å². The first-order valence-electron chi connectivity index (χ1n) is 15.7. The molecule has 0 bridgehead atoms. The number of nitrogens with one attached hydrogen (secondary N) is 1. The van der Waals surface area contributed by atoms with Gasteiger partial charge < -0.3 is 29.9 Å². The van der Waals surface area contributed by atoms with Gasteiger partial charge in [-0.25, -0.2) is 4.79 Å². The Kier molecular flexibility index (Phi) is 13.5. The number of aliphatic hydroxyl groups excluding tert-OH is 2. The Morgan fingerprint density at radius 3 is 2.14 bits per heavy atom. The number of hydrogen-bond donors (Lipinski definition) is 3. The molecule has 2 aromatic carbocycles. The van der Waals surface area contributed by atoms with Crippen LogP contribution in [0.2, 0.25) is 0 Å². The summed E-state index contributed by atoms with van der Waals surface area (Å²) in [5.74, 6) is 0.928. The molecule has 2 aromatic rings. The standard InChI is InChI=1S/C35H52N2O6/c1-25(20-26-12-8-6-9-13-26)31(38)22-37(5)23-32(39)30(36-34(41)43-35(2,3)4)21-27-16-18-29(19-17-27)42-24-33(40)28-14-10-7-11-15-28/h6,8-9,12-13,16-19,25,28,30-32,38-39H,7,10-11,14-15,20-24H2,1-5H3,(H,36,41). The molecule has 1 fully saturated rings. The van der Waals surface area contributed by atoms with Crippen molar-refractivity contribution in [1.29, 1.82) is 0 Å². The first-order chi connectivity index (χ1) is 20.4. The minimum absolute atomic E-state index is 0.0383. The zero-order valence-corrected chi connectivity index (χ0v) is 26.6. The first kappa shape index (κ1) is 34.5. The normalized spacial score (nSPS) is 17.1. The van der Waals surface area contributed by atoms with Gasteiger partial charge in [-0.05, 0) is 82.7 Å². The van der Waals surface area contributed by atoms with E-state index in [-0.39, 0.29) is 30.8 Å². The fraction of sp³-hybridized carbons (Fsp3) is 0.600. The molecule has 1 amide bonds. The van der Waals surface area contributed by atoms with E-state index in [0.717, 1.165) is 37.7 Å². The number of ketones is 1. The number of amides is 1. The van der Waals surface area contributed by atoms with Gasteiger partial charge in [-0.2, -0.15) is 0 Å². The van der Waals surface area contributed by atoms with Crippen LogP contribution in [0.25, 0.3) is 0 Å². The van der Waals surface area contributed by atoms with Crippen molar-refractivity contribution in [2.24, 2.45) is 11.8 Å². The lowest BCUT2D eigenvalue weighted by atomic mass is 9.86. The lowest BCUT2D eigenvalue weighted by molar-refractivity contribution is -0.125. The van der Waals surface area contributed by atoms with Crippen LogP contribution in [0.15, 0.2) is 54.6 Å². The van der Waals surface area contributed by atoms with Crippen LogP contribution in [0.5, 0.6) is 5.75 Å². The molecule has 1 aliphatic rings. The quantitative estimate of drug-likeness (QED) is 0.260. The fourth-order valence-corrected chi connectivity index (χ4v) is 5.56. The Morgan fingerprint density at radius 2 is 1.51 bits per heavy atom. The highest BCUT2D eigenvalue weighted by Gasteiger charge is 2.27. The van der Waals surface area contributed by atoms with E-state index in [1.807, 2.05) is 61.3 Å². The van der Waals surface area contributed by atoms with Crippen LogP contribution in [0.3, 0.4) is 0 Å². The molecule has 1 aliphatic carbocycles. The SMILES string of the molecule is CC(Cc1ccccc1)C(O)CN(C)CC(O)C(Cc1ccc(OCC(=O)C2CCCCC2)cc1)NC(=O)OC(C)(C)C. The number of ether oxygens (including phenoxy) is 2. The van der Waals surface area contributed by atoms with Crippen LogP contribution < -0.4 is 10.1 Å². The van der Waals surface area contributed by atoms with Gasteiger partial charge in [-0.1, -0.05) is 68.7 Å². The highest BCUT2D eigenvalue weighted by Crippen LogP contribution is 2.25. The van der Waals surface area contributed by atoms with Gasteiger partial charge in [0.2, 0.25) is 0 Å². The molecule has 43 heavy (non-hydrogen) atoms. The minimum Gasteiger partial charge on any atom is -0.486 e. The zero-order valence-electron chi connectivity index (χ0n) is 26.6. The molecule has 8 nitrogen and oxygen atoms in total. The number of benzene rings is 2. The summed E-state index contributed by atoms with van der Waals surface area (Å²) < 4.78 is 11.2. The van der Waals surface area contributed by atoms with Gasteiger partial charge in [-0.3, -0.25) is 4.79 Å². The van der Waals surface area contributed by atoms with Gasteiger partial charge in [0.05, 0.1) is 18.2 Å². The summed E-state index contributed by atoms with van der Waals surface area (Å²) in [6.45, 7) is 8.11. The van der Waals surface area contributed by atoms with E-state index < -0.39 is 29.9 Å². The molecule has 238 valence electrons. The summed E-state index contributed by atoms with van der Waals surface area (Å²) in [6.07, 6.45) is 4.36. The molecule has 0 aliphatic heterocycles. The highest BCUT2D eigenvalue weighted by atomic mass is 16.6. The molecule has 3 N–H and O–H groups in total.